The highest BCUT2D eigenvalue weighted by atomic mass is 16.5. The molecule has 0 aliphatic carbocycles. The van der Waals surface area contributed by atoms with E-state index in [0.29, 0.717) is 33.0 Å². The van der Waals surface area contributed by atoms with Gasteiger partial charge in [-0.25, -0.2) is 0 Å². The van der Waals surface area contributed by atoms with E-state index in [2.05, 4.69) is 18.2 Å². The van der Waals surface area contributed by atoms with Gasteiger partial charge in [0.05, 0.1) is 19.8 Å². The summed E-state index contributed by atoms with van der Waals surface area (Å²) < 4.78 is 22.5. The normalized spacial score (nSPS) is 10.7. The fraction of sp³-hybridized carbons (Fsp3) is 0.273. The lowest BCUT2D eigenvalue weighted by molar-refractivity contribution is 0.0768. The van der Waals surface area contributed by atoms with E-state index >= 15 is 0 Å². The molecule has 0 atom stereocenters. The molecule has 0 unspecified atom stereocenters. The van der Waals surface area contributed by atoms with Gasteiger partial charge in [-0.05, 0) is 42.6 Å². The van der Waals surface area contributed by atoms with E-state index < -0.39 is 0 Å². The lowest BCUT2D eigenvalue weighted by atomic mass is 10.1. The Labute approximate surface area is 154 Å². The third kappa shape index (κ3) is 5.14. The van der Waals surface area contributed by atoms with Crippen LogP contribution in [0.15, 0.2) is 66.7 Å². The molecule has 0 bridgehead atoms. The summed E-state index contributed by atoms with van der Waals surface area (Å²) in [6.45, 7) is 4.68. The van der Waals surface area contributed by atoms with Gasteiger partial charge in [0.15, 0.2) is 0 Å². The molecule has 0 saturated carbocycles. The van der Waals surface area contributed by atoms with Crippen LogP contribution in [0, 0.1) is 0 Å². The summed E-state index contributed by atoms with van der Waals surface area (Å²) in [5, 5.41) is 2.29. The summed E-state index contributed by atoms with van der Waals surface area (Å²) in [5.74, 6) is 2.54. The number of benzene rings is 3. The molecule has 0 N–H and O–H groups in total. The second-order valence-corrected chi connectivity index (χ2v) is 5.69. The third-order valence-corrected chi connectivity index (χ3v) is 3.87. The average molecular weight is 352 g/mol. The van der Waals surface area contributed by atoms with Crippen molar-refractivity contribution >= 4 is 10.8 Å². The van der Waals surface area contributed by atoms with Gasteiger partial charge in [-0.2, -0.15) is 0 Å². The Balaban J connectivity index is 1.33. The minimum atomic E-state index is 0.502. The van der Waals surface area contributed by atoms with Crippen LogP contribution in [0.4, 0.5) is 0 Å². The van der Waals surface area contributed by atoms with Crippen molar-refractivity contribution in [2.75, 3.05) is 33.0 Å². The second-order valence-electron chi connectivity index (χ2n) is 5.69. The molecular weight excluding hydrogens is 328 g/mol. The van der Waals surface area contributed by atoms with Gasteiger partial charge >= 0.3 is 0 Å². The molecule has 0 aromatic heterocycles. The fourth-order valence-electron chi connectivity index (χ4n) is 2.65. The van der Waals surface area contributed by atoms with Crippen molar-refractivity contribution in [2.24, 2.45) is 0 Å². The zero-order valence-electron chi connectivity index (χ0n) is 15.0. The van der Waals surface area contributed by atoms with E-state index in [1.54, 1.807) is 0 Å². The summed E-state index contributed by atoms with van der Waals surface area (Å²) >= 11 is 0. The van der Waals surface area contributed by atoms with Crippen molar-refractivity contribution in [1.82, 2.24) is 0 Å². The molecule has 136 valence electrons. The largest absolute Gasteiger partial charge is 0.494 e. The van der Waals surface area contributed by atoms with Crippen LogP contribution < -0.4 is 14.2 Å². The van der Waals surface area contributed by atoms with Crippen molar-refractivity contribution < 1.29 is 18.9 Å². The minimum absolute atomic E-state index is 0.502. The number of ether oxygens (including phenoxy) is 4. The van der Waals surface area contributed by atoms with Crippen LogP contribution in [0.3, 0.4) is 0 Å². The molecule has 0 aliphatic rings. The Kier molecular flexibility index (Phi) is 6.73. The van der Waals surface area contributed by atoms with Gasteiger partial charge in [0, 0.05) is 5.39 Å². The average Bonchev–Trinajstić information content (AvgIpc) is 2.69. The first-order chi connectivity index (χ1) is 12.9. The van der Waals surface area contributed by atoms with Gasteiger partial charge in [0.25, 0.3) is 0 Å². The summed E-state index contributed by atoms with van der Waals surface area (Å²) in [5.41, 5.74) is 0. The van der Waals surface area contributed by atoms with Crippen LogP contribution >= 0.6 is 0 Å². The first-order valence-electron chi connectivity index (χ1n) is 8.91. The van der Waals surface area contributed by atoms with Crippen molar-refractivity contribution in [3.05, 3.63) is 66.7 Å². The van der Waals surface area contributed by atoms with Gasteiger partial charge in [-0.15, -0.1) is 0 Å². The lowest BCUT2D eigenvalue weighted by Crippen LogP contribution is -2.12. The summed E-state index contributed by atoms with van der Waals surface area (Å²) in [4.78, 5) is 0. The SMILES string of the molecule is CCOc1ccc(OCCOCCOc2cccc3ccccc23)cc1. The molecule has 3 rings (SSSR count). The maximum Gasteiger partial charge on any atom is 0.127 e. The minimum Gasteiger partial charge on any atom is -0.494 e. The van der Waals surface area contributed by atoms with E-state index in [0.717, 1.165) is 22.6 Å². The van der Waals surface area contributed by atoms with Crippen molar-refractivity contribution in [1.29, 1.82) is 0 Å². The third-order valence-electron chi connectivity index (χ3n) is 3.87. The highest BCUT2D eigenvalue weighted by molar-refractivity contribution is 5.88. The summed E-state index contributed by atoms with van der Waals surface area (Å²) in [6.07, 6.45) is 0. The smallest absolute Gasteiger partial charge is 0.127 e. The van der Waals surface area contributed by atoms with Crippen LogP contribution in [-0.4, -0.2) is 33.0 Å². The van der Waals surface area contributed by atoms with Crippen LogP contribution in [0.5, 0.6) is 17.2 Å². The maximum atomic E-state index is 5.84. The van der Waals surface area contributed by atoms with E-state index in [-0.39, 0.29) is 0 Å². The first kappa shape index (κ1) is 18.1. The van der Waals surface area contributed by atoms with Crippen molar-refractivity contribution in [2.45, 2.75) is 6.92 Å². The van der Waals surface area contributed by atoms with E-state index in [4.69, 9.17) is 18.9 Å². The Morgan fingerprint density at radius 3 is 2.04 bits per heavy atom. The molecule has 4 nitrogen and oxygen atoms in total. The molecule has 0 fully saturated rings. The van der Waals surface area contributed by atoms with E-state index in [1.165, 1.54) is 5.39 Å². The molecule has 0 spiro atoms. The van der Waals surface area contributed by atoms with Crippen molar-refractivity contribution in [3.8, 4) is 17.2 Å². The van der Waals surface area contributed by atoms with Crippen LogP contribution in [-0.2, 0) is 4.74 Å². The Hall–Kier alpha value is -2.72. The van der Waals surface area contributed by atoms with Crippen LogP contribution in [0.1, 0.15) is 6.92 Å². The van der Waals surface area contributed by atoms with Gasteiger partial charge < -0.3 is 18.9 Å². The summed E-state index contributed by atoms with van der Waals surface area (Å²) in [7, 11) is 0. The number of fused-ring (bicyclic) bond motifs is 1. The number of hydrogen-bond acceptors (Lipinski definition) is 4. The number of hydrogen-bond donors (Lipinski definition) is 0. The van der Waals surface area contributed by atoms with Crippen LogP contribution in [0.2, 0.25) is 0 Å². The lowest BCUT2D eigenvalue weighted by Gasteiger charge is -2.10. The predicted molar refractivity (Wildman–Crippen MR) is 103 cm³/mol. The zero-order chi connectivity index (χ0) is 18.0. The van der Waals surface area contributed by atoms with Gasteiger partial charge in [0.1, 0.15) is 30.5 Å². The summed E-state index contributed by atoms with van der Waals surface area (Å²) in [6, 6.07) is 21.9. The molecule has 4 heteroatoms. The van der Waals surface area contributed by atoms with Crippen LogP contribution in [0.25, 0.3) is 10.8 Å². The van der Waals surface area contributed by atoms with Crippen molar-refractivity contribution in [3.63, 3.8) is 0 Å². The topological polar surface area (TPSA) is 36.9 Å². The van der Waals surface area contributed by atoms with Gasteiger partial charge in [0.2, 0.25) is 0 Å². The molecular formula is C22H24O4. The molecule has 0 saturated heterocycles. The molecule has 0 amide bonds. The van der Waals surface area contributed by atoms with Gasteiger partial charge in [-0.1, -0.05) is 36.4 Å². The molecule has 0 aliphatic heterocycles. The van der Waals surface area contributed by atoms with E-state index in [1.807, 2.05) is 55.5 Å². The highest BCUT2D eigenvalue weighted by Gasteiger charge is 2.01. The molecule has 3 aromatic carbocycles. The fourth-order valence-corrected chi connectivity index (χ4v) is 2.65. The molecule has 0 heterocycles. The monoisotopic (exact) mass is 352 g/mol. The predicted octanol–water partition coefficient (Wildman–Crippen LogP) is 4.71. The standard InChI is InChI=1S/C22H24O4/c1-2-24-19-10-12-20(13-11-19)25-16-14-23-15-17-26-22-9-5-7-18-6-3-4-8-21(18)22/h3-13H,2,14-17H2,1H3. The Morgan fingerprint density at radius 2 is 1.27 bits per heavy atom. The first-order valence-corrected chi connectivity index (χ1v) is 8.91. The molecule has 0 radical (unpaired) electrons. The number of rotatable bonds is 10. The quantitative estimate of drug-likeness (QED) is 0.495. The molecule has 26 heavy (non-hydrogen) atoms. The maximum absolute atomic E-state index is 5.84. The molecule has 3 aromatic rings. The Morgan fingerprint density at radius 1 is 0.615 bits per heavy atom. The van der Waals surface area contributed by atoms with E-state index in [9.17, 15) is 0 Å². The zero-order valence-corrected chi connectivity index (χ0v) is 15.0. The van der Waals surface area contributed by atoms with Gasteiger partial charge in [-0.3, -0.25) is 0 Å². The highest BCUT2D eigenvalue weighted by Crippen LogP contribution is 2.24. The second kappa shape index (κ2) is 9.68. The Bertz CT molecular complexity index is 793.